The predicted molar refractivity (Wildman–Crippen MR) is 58.8 cm³/mol. The van der Waals surface area contributed by atoms with Gasteiger partial charge in [0.1, 0.15) is 0 Å². The van der Waals surface area contributed by atoms with Crippen molar-refractivity contribution in [2.75, 3.05) is 19.6 Å². The molecule has 80 valence electrons. The molecule has 1 heterocycles. The van der Waals surface area contributed by atoms with Crippen molar-refractivity contribution >= 4 is 0 Å². The van der Waals surface area contributed by atoms with Crippen molar-refractivity contribution < 1.29 is 0 Å². The second-order valence-electron chi connectivity index (χ2n) is 4.66. The molecule has 0 radical (unpaired) electrons. The second-order valence-corrected chi connectivity index (χ2v) is 4.66. The molecule has 0 amide bonds. The van der Waals surface area contributed by atoms with Crippen molar-refractivity contribution in [2.24, 2.45) is 11.8 Å². The number of unbranched alkanes of at least 4 members (excludes halogenated alkanes) is 2. The van der Waals surface area contributed by atoms with Crippen LogP contribution in [-0.4, -0.2) is 24.5 Å². The smallest absolute Gasteiger partial charge is 0.0621 e. The summed E-state index contributed by atoms with van der Waals surface area (Å²) in [6.45, 7) is 8.42. The molecule has 2 heteroatoms. The number of piperidine rings is 1. The van der Waals surface area contributed by atoms with E-state index in [1.165, 1.54) is 32.5 Å². The first-order valence-corrected chi connectivity index (χ1v) is 5.83. The molecule has 2 nitrogen and oxygen atoms in total. The Morgan fingerprint density at radius 1 is 1.29 bits per heavy atom. The molecule has 0 bridgehead atoms. The van der Waals surface area contributed by atoms with E-state index in [0.717, 1.165) is 24.7 Å². The van der Waals surface area contributed by atoms with E-state index >= 15 is 0 Å². The van der Waals surface area contributed by atoms with E-state index in [4.69, 9.17) is 5.26 Å². The molecule has 0 saturated carbocycles. The fourth-order valence-corrected chi connectivity index (χ4v) is 2.09. The van der Waals surface area contributed by atoms with Gasteiger partial charge in [0.25, 0.3) is 0 Å². The van der Waals surface area contributed by atoms with E-state index in [0.29, 0.717) is 0 Å². The third-order valence-corrected chi connectivity index (χ3v) is 3.43. The van der Waals surface area contributed by atoms with E-state index in [2.05, 4.69) is 24.8 Å². The molecule has 1 aliphatic rings. The lowest BCUT2D eigenvalue weighted by Crippen LogP contribution is -2.38. The van der Waals surface area contributed by atoms with Crippen LogP contribution in [0, 0.1) is 23.2 Å². The van der Waals surface area contributed by atoms with Gasteiger partial charge in [0.2, 0.25) is 0 Å². The zero-order valence-corrected chi connectivity index (χ0v) is 9.50. The molecular weight excluding hydrogens is 172 g/mol. The molecule has 0 spiro atoms. The first-order valence-electron chi connectivity index (χ1n) is 5.83. The zero-order chi connectivity index (χ0) is 10.4. The Morgan fingerprint density at radius 2 is 2.07 bits per heavy atom. The summed E-state index contributed by atoms with van der Waals surface area (Å²) in [4.78, 5) is 2.56. The van der Waals surface area contributed by atoms with Gasteiger partial charge < -0.3 is 4.90 Å². The highest BCUT2D eigenvalue weighted by molar-refractivity contribution is 4.75. The lowest BCUT2D eigenvalue weighted by atomic mass is 9.88. The first kappa shape index (κ1) is 11.5. The fourth-order valence-electron chi connectivity index (χ4n) is 2.09. The molecule has 0 aromatic heterocycles. The average Bonchev–Trinajstić information content (AvgIpc) is 2.18. The quantitative estimate of drug-likeness (QED) is 0.643. The molecule has 1 rings (SSSR count). The topological polar surface area (TPSA) is 27.0 Å². The highest BCUT2D eigenvalue weighted by Crippen LogP contribution is 2.22. The lowest BCUT2D eigenvalue weighted by molar-refractivity contribution is 0.137. The lowest BCUT2D eigenvalue weighted by Gasteiger charge is -2.35. The Kier molecular flexibility index (Phi) is 4.97. The minimum Gasteiger partial charge on any atom is -0.303 e. The number of nitrogens with zero attached hydrogens (tertiary/aromatic N) is 2. The zero-order valence-electron chi connectivity index (χ0n) is 9.50. The number of hydrogen-bond acceptors (Lipinski definition) is 2. The maximum Gasteiger partial charge on any atom is 0.0621 e. The summed E-state index contributed by atoms with van der Waals surface area (Å²) in [5.41, 5.74) is 0. The van der Waals surface area contributed by atoms with E-state index in [9.17, 15) is 0 Å². The van der Waals surface area contributed by atoms with Gasteiger partial charge >= 0.3 is 0 Å². The number of rotatable bonds is 4. The normalized spacial score (nSPS) is 28.6. The predicted octanol–water partition coefficient (Wildman–Crippen LogP) is 2.66. The Hall–Kier alpha value is -0.550. The third-order valence-electron chi connectivity index (χ3n) is 3.43. The van der Waals surface area contributed by atoms with Gasteiger partial charge in [0.05, 0.1) is 6.07 Å². The van der Waals surface area contributed by atoms with E-state index in [-0.39, 0.29) is 0 Å². The Morgan fingerprint density at radius 3 is 2.71 bits per heavy atom. The standard InChI is InChI=1S/C12H22N2/c1-11-6-9-14(10-12(11)2)8-5-3-4-7-13/h11-12H,3-6,8-10H2,1-2H3. The van der Waals surface area contributed by atoms with Crippen molar-refractivity contribution in [3.05, 3.63) is 0 Å². The van der Waals surface area contributed by atoms with Crippen molar-refractivity contribution in [1.82, 2.24) is 4.90 Å². The Balaban J connectivity index is 2.11. The van der Waals surface area contributed by atoms with Gasteiger partial charge in [0, 0.05) is 13.0 Å². The van der Waals surface area contributed by atoms with Gasteiger partial charge in [-0.3, -0.25) is 0 Å². The number of hydrogen-bond donors (Lipinski definition) is 0. The van der Waals surface area contributed by atoms with Crippen LogP contribution in [0.1, 0.15) is 39.5 Å². The number of nitriles is 1. The van der Waals surface area contributed by atoms with Crippen molar-refractivity contribution in [3.8, 4) is 6.07 Å². The molecule has 1 aliphatic heterocycles. The molecular formula is C12H22N2. The van der Waals surface area contributed by atoms with Crippen molar-refractivity contribution in [2.45, 2.75) is 39.5 Å². The molecule has 0 aromatic rings. The minimum absolute atomic E-state index is 0.722. The SMILES string of the molecule is CC1CCN(CCCCC#N)CC1C. The van der Waals surface area contributed by atoms with Crippen LogP contribution in [0.2, 0.25) is 0 Å². The monoisotopic (exact) mass is 194 g/mol. The van der Waals surface area contributed by atoms with Gasteiger partial charge in [-0.15, -0.1) is 0 Å². The van der Waals surface area contributed by atoms with Crippen LogP contribution in [0.4, 0.5) is 0 Å². The summed E-state index contributed by atoms with van der Waals surface area (Å²) in [5.74, 6) is 1.74. The van der Waals surface area contributed by atoms with Gasteiger partial charge in [0.15, 0.2) is 0 Å². The molecule has 2 unspecified atom stereocenters. The highest BCUT2D eigenvalue weighted by Gasteiger charge is 2.21. The van der Waals surface area contributed by atoms with Crippen LogP contribution >= 0.6 is 0 Å². The summed E-state index contributed by atoms with van der Waals surface area (Å²) < 4.78 is 0. The largest absolute Gasteiger partial charge is 0.303 e. The van der Waals surface area contributed by atoms with Crippen LogP contribution in [0.3, 0.4) is 0 Å². The van der Waals surface area contributed by atoms with Crippen LogP contribution < -0.4 is 0 Å². The summed E-state index contributed by atoms with van der Waals surface area (Å²) >= 11 is 0. The van der Waals surface area contributed by atoms with Crippen molar-refractivity contribution in [1.29, 1.82) is 5.26 Å². The van der Waals surface area contributed by atoms with Gasteiger partial charge in [-0.1, -0.05) is 13.8 Å². The van der Waals surface area contributed by atoms with Crippen molar-refractivity contribution in [3.63, 3.8) is 0 Å². The summed E-state index contributed by atoms with van der Waals surface area (Å²) in [6, 6.07) is 2.20. The van der Waals surface area contributed by atoms with Gasteiger partial charge in [-0.25, -0.2) is 0 Å². The Bertz CT molecular complexity index is 195. The molecule has 1 saturated heterocycles. The second kappa shape index (κ2) is 6.03. The average molecular weight is 194 g/mol. The molecule has 0 N–H and O–H groups in total. The highest BCUT2D eigenvalue weighted by atomic mass is 15.1. The van der Waals surface area contributed by atoms with Gasteiger partial charge in [-0.05, 0) is 44.2 Å². The fraction of sp³-hybridized carbons (Fsp3) is 0.917. The molecule has 0 aliphatic carbocycles. The van der Waals surface area contributed by atoms with E-state index < -0.39 is 0 Å². The molecule has 1 fully saturated rings. The minimum atomic E-state index is 0.722. The van der Waals surface area contributed by atoms with Crippen LogP contribution in [-0.2, 0) is 0 Å². The van der Waals surface area contributed by atoms with E-state index in [1.54, 1.807) is 0 Å². The Labute approximate surface area is 87.9 Å². The summed E-state index contributed by atoms with van der Waals surface area (Å²) in [7, 11) is 0. The number of likely N-dealkylation sites (tertiary alicyclic amines) is 1. The van der Waals surface area contributed by atoms with Crippen LogP contribution in [0.15, 0.2) is 0 Å². The molecule has 0 aromatic carbocycles. The van der Waals surface area contributed by atoms with Gasteiger partial charge in [-0.2, -0.15) is 5.26 Å². The third kappa shape index (κ3) is 3.67. The maximum absolute atomic E-state index is 8.42. The summed E-state index contributed by atoms with van der Waals surface area (Å²) in [5, 5.41) is 8.42. The maximum atomic E-state index is 8.42. The molecule has 14 heavy (non-hydrogen) atoms. The van der Waals surface area contributed by atoms with Crippen LogP contribution in [0.25, 0.3) is 0 Å². The summed E-state index contributed by atoms with van der Waals surface area (Å²) in [6.07, 6.45) is 4.32. The van der Waals surface area contributed by atoms with Crippen LogP contribution in [0.5, 0.6) is 0 Å². The molecule has 2 atom stereocenters. The van der Waals surface area contributed by atoms with E-state index in [1.807, 2.05) is 0 Å². The first-order chi connectivity index (χ1) is 6.74.